The Labute approximate surface area is 150 Å². The predicted molar refractivity (Wildman–Crippen MR) is 98.5 cm³/mol. The van der Waals surface area contributed by atoms with Crippen LogP contribution in [0.3, 0.4) is 0 Å². The maximum Gasteiger partial charge on any atom is 0.187 e. The number of allylic oxidation sites excluding steroid dienone is 1. The van der Waals surface area contributed by atoms with Crippen LogP contribution >= 0.6 is 15.9 Å². The van der Waals surface area contributed by atoms with E-state index in [0.717, 1.165) is 22.2 Å². The molecule has 3 rings (SSSR count). The summed E-state index contributed by atoms with van der Waals surface area (Å²) in [6.07, 6.45) is 2.55. The minimum Gasteiger partial charge on any atom is -0.379 e. The summed E-state index contributed by atoms with van der Waals surface area (Å²) < 4.78 is 0.986. The fraction of sp³-hybridized carbons (Fsp3) is 0.200. The topological polar surface area (TPSA) is 52.9 Å². The highest BCUT2D eigenvalue weighted by Crippen LogP contribution is 2.31. The predicted octanol–water partition coefficient (Wildman–Crippen LogP) is 4.47. The zero-order valence-electron chi connectivity index (χ0n) is 13.6. The smallest absolute Gasteiger partial charge is 0.187 e. The normalized spacial score (nSPS) is 16.8. The van der Waals surface area contributed by atoms with Crippen molar-refractivity contribution in [1.29, 1.82) is 5.26 Å². The highest BCUT2D eigenvalue weighted by atomic mass is 79.9. The van der Waals surface area contributed by atoms with Gasteiger partial charge in [0.25, 0.3) is 0 Å². The van der Waals surface area contributed by atoms with E-state index in [1.54, 1.807) is 30.3 Å². The van der Waals surface area contributed by atoms with Gasteiger partial charge in [0.15, 0.2) is 5.78 Å². The number of rotatable bonds is 2. The molecule has 4 heteroatoms. The van der Waals surface area contributed by atoms with Crippen molar-refractivity contribution in [1.82, 2.24) is 5.32 Å². The molecule has 1 aliphatic rings. The molecule has 2 aromatic carbocycles. The molecule has 3 nitrogen and oxygen atoms in total. The lowest BCUT2D eigenvalue weighted by molar-refractivity contribution is 0.104. The number of carbonyl (C=O) groups excluding carboxylic acids is 1. The van der Waals surface area contributed by atoms with Gasteiger partial charge in [-0.15, -0.1) is 0 Å². The van der Waals surface area contributed by atoms with E-state index in [4.69, 9.17) is 5.26 Å². The van der Waals surface area contributed by atoms with Crippen molar-refractivity contribution in [3.63, 3.8) is 0 Å². The number of halogens is 1. The van der Waals surface area contributed by atoms with Gasteiger partial charge in [-0.3, -0.25) is 4.79 Å². The lowest BCUT2D eigenvalue weighted by Crippen LogP contribution is -2.43. The molecule has 0 aliphatic carbocycles. The summed E-state index contributed by atoms with van der Waals surface area (Å²) in [7, 11) is 0. The van der Waals surface area contributed by atoms with Gasteiger partial charge in [0.05, 0.1) is 11.6 Å². The molecule has 0 amide bonds. The summed E-state index contributed by atoms with van der Waals surface area (Å²) in [6, 6.07) is 14.9. The molecular formula is C20H17BrN2O. The van der Waals surface area contributed by atoms with Gasteiger partial charge in [-0.1, -0.05) is 22.0 Å². The number of hydrogen-bond donors (Lipinski definition) is 1. The zero-order chi connectivity index (χ0) is 17.3. The van der Waals surface area contributed by atoms with Gasteiger partial charge in [0.2, 0.25) is 0 Å². The number of benzene rings is 2. The molecule has 1 aliphatic heterocycles. The van der Waals surface area contributed by atoms with E-state index in [1.165, 1.54) is 5.56 Å². The Morgan fingerprint density at radius 3 is 2.62 bits per heavy atom. The van der Waals surface area contributed by atoms with Gasteiger partial charge in [-0.25, -0.2) is 0 Å². The zero-order valence-corrected chi connectivity index (χ0v) is 15.1. The van der Waals surface area contributed by atoms with Crippen LogP contribution in [-0.2, 0) is 6.42 Å². The average molecular weight is 381 g/mol. The van der Waals surface area contributed by atoms with Crippen LogP contribution in [0.5, 0.6) is 0 Å². The van der Waals surface area contributed by atoms with Crippen LogP contribution < -0.4 is 5.32 Å². The van der Waals surface area contributed by atoms with Crippen LogP contribution in [0.1, 0.15) is 40.9 Å². The first-order valence-corrected chi connectivity index (χ1v) is 8.50. The number of carbonyl (C=O) groups is 1. The van der Waals surface area contributed by atoms with Gasteiger partial charge >= 0.3 is 0 Å². The maximum atomic E-state index is 12.6. The second-order valence-electron chi connectivity index (χ2n) is 6.60. The number of hydrogen-bond acceptors (Lipinski definition) is 3. The SMILES string of the molecule is CC1(C)Cc2ccc(Br)cc2/C(=C/C(=O)c2ccc(C#N)cc2)N1. The summed E-state index contributed by atoms with van der Waals surface area (Å²) in [5.41, 5.74) is 4.11. The number of nitriles is 1. The minimum atomic E-state index is -0.113. The molecule has 0 saturated carbocycles. The quantitative estimate of drug-likeness (QED) is 0.617. The Bertz CT molecular complexity index is 874. The van der Waals surface area contributed by atoms with Crippen LogP contribution in [0.25, 0.3) is 5.70 Å². The van der Waals surface area contributed by atoms with E-state index in [-0.39, 0.29) is 11.3 Å². The van der Waals surface area contributed by atoms with E-state index in [0.29, 0.717) is 11.1 Å². The first kappa shape index (κ1) is 16.5. The maximum absolute atomic E-state index is 12.6. The Morgan fingerprint density at radius 2 is 1.96 bits per heavy atom. The molecule has 0 bridgehead atoms. The lowest BCUT2D eigenvalue weighted by Gasteiger charge is -2.35. The van der Waals surface area contributed by atoms with Crippen LogP contribution in [0.2, 0.25) is 0 Å². The molecule has 1 N–H and O–H groups in total. The molecule has 0 spiro atoms. The fourth-order valence-electron chi connectivity index (χ4n) is 2.94. The monoisotopic (exact) mass is 380 g/mol. The molecule has 0 unspecified atom stereocenters. The van der Waals surface area contributed by atoms with Crippen molar-refractivity contribution in [3.05, 3.63) is 75.3 Å². The fourth-order valence-corrected chi connectivity index (χ4v) is 3.30. The van der Waals surface area contributed by atoms with Gasteiger partial charge in [0.1, 0.15) is 0 Å². The van der Waals surface area contributed by atoms with Gasteiger partial charge in [-0.05, 0) is 62.2 Å². The summed E-state index contributed by atoms with van der Waals surface area (Å²) in [5.74, 6) is -0.0781. The van der Waals surface area contributed by atoms with Crippen molar-refractivity contribution < 1.29 is 4.79 Å². The van der Waals surface area contributed by atoms with Crippen molar-refractivity contribution in [3.8, 4) is 6.07 Å². The summed E-state index contributed by atoms with van der Waals surface area (Å²) in [5, 5.41) is 12.3. The molecule has 1 heterocycles. The highest BCUT2D eigenvalue weighted by Gasteiger charge is 2.28. The van der Waals surface area contributed by atoms with Crippen LogP contribution in [0.4, 0.5) is 0 Å². The summed E-state index contributed by atoms with van der Waals surface area (Å²) >= 11 is 3.50. The Morgan fingerprint density at radius 1 is 1.25 bits per heavy atom. The van der Waals surface area contributed by atoms with E-state index in [9.17, 15) is 4.79 Å². The Hall–Kier alpha value is -2.38. The molecule has 0 fully saturated rings. The number of nitrogens with one attached hydrogen (secondary N) is 1. The largest absolute Gasteiger partial charge is 0.379 e. The number of fused-ring (bicyclic) bond motifs is 1. The number of ketones is 1. The molecule has 24 heavy (non-hydrogen) atoms. The standard InChI is InChI=1S/C20H17BrN2O/c1-20(2)11-15-7-8-16(21)9-17(15)18(23-20)10-19(24)14-5-3-13(12-22)4-6-14/h3-10,23H,11H2,1-2H3/b18-10-. The second kappa shape index (κ2) is 6.26. The summed E-state index contributed by atoms with van der Waals surface area (Å²) in [6.45, 7) is 4.25. The molecule has 120 valence electrons. The second-order valence-corrected chi connectivity index (χ2v) is 7.51. The minimum absolute atomic E-state index is 0.0781. The third-order valence-corrected chi connectivity index (χ3v) is 4.53. The molecular weight excluding hydrogens is 364 g/mol. The van der Waals surface area contributed by atoms with Crippen LogP contribution in [-0.4, -0.2) is 11.3 Å². The third-order valence-electron chi connectivity index (χ3n) is 4.04. The third kappa shape index (κ3) is 3.42. The lowest BCUT2D eigenvalue weighted by atomic mass is 9.85. The molecule has 2 aromatic rings. The van der Waals surface area contributed by atoms with Crippen molar-refractivity contribution >= 4 is 27.4 Å². The highest BCUT2D eigenvalue weighted by molar-refractivity contribution is 9.10. The van der Waals surface area contributed by atoms with E-state index < -0.39 is 0 Å². The van der Waals surface area contributed by atoms with Gasteiger partial charge in [-0.2, -0.15) is 5.26 Å². The van der Waals surface area contributed by atoms with E-state index in [2.05, 4.69) is 47.2 Å². The molecule has 0 radical (unpaired) electrons. The number of nitrogens with zero attached hydrogens (tertiary/aromatic N) is 1. The van der Waals surface area contributed by atoms with Gasteiger partial charge < -0.3 is 5.32 Å². The van der Waals surface area contributed by atoms with Crippen molar-refractivity contribution in [2.75, 3.05) is 0 Å². The Balaban J connectivity index is 2.00. The first-order chi connectivity index (χ1) is 11.4. The van der Waals surface area contributed by atoms with Crippen molar-refractivity contribution in [2.24, 2.45) is 0 Å². The first-order valence-electron chi connectivity index (χ1n) is 7.71. The van der Waals surface area contributed by atoms with Gasteiger partial charge in [0, 0.05) is 32.9 Å². The summed E-state index contributed by atoms with van der Waals surface area (Å²) in [4.78, 5) is 12.6. The van der Waals surface area contributed by atoms with Crippen LogP contribution in [0.15, 0.2) is 53.0 Å². The van der Waals surface area contributed by atoms with Crippen molar-refractivity contribution in [2.45, 2.75) is 25.8 Å². The molecule has 0 aromatic heterocycles. The molecule has 0 atom stereocenters. The average Bonchev–Trinajstić information content (AvgIpc) is 2.55. The molecule has 0 saturated heterocycles. The Kier molecular flexibility index (Phi) is 4.29. The van der Waals surface area contributed by atoms with Crippen LogP contribution in [0, 0.1) is 11.3 Å². The van der Waals surface area contributed by atoms with E-state index in [1.807, 2.05) is 12.1 Å². The van der Waals surface area contributed by atoms with E-state index >= 15 is 0 Å².